The van der Waals surface area contributed by atoms with Gasteiger partial charge in [0.15, 0.2) is 0 Å². The van der Waals surface area contributed by atoms with Gasteiger partial charge >= 0.3 is 5.97 Å². The Morgan fingerprint density at radius 3 is 2.63 bits per heavy atom. The van der Waals surface area contributed by atoms with Crippen LogP contribution < -0.4 is 0 Å². The molecule has 0 aromatic carbocycles. The molecule has 4 nitrogen and oxygen atoms in total. The van der Waals surface area contributed by atoms with E-state index in [1.165, 1.54) is 6.42 Å². The van der Waals surface area contributed by atoms with Crippen molar-refractivity contribution in [1.29, 1.82) is 0 Å². The monoisotopic (exact) mass is 282 g/mol. The first-order valence-corrected chi connectivity index (χ1v) is 7.65. The number of thiazole rings is 1. The van der Waals surface area contributed by atoms with Crippen LogP contribution in [0.4, 0.5) is 0 Å². The molecule has 0 amide bonds. The minimum absolute atomic E-state index is 0.0403. The fourth-order valence-corrected chi connectivity index (χ4v) is 4.04. The number of aliphatic carboxylic acids is 1. The highest BCUT2D eigenvalue weighted by Gasteiger charge is 2.23. The van der Waals surface area contributed by atoms with Crippen LogP contribution in [0.25, 0.3) is 0 Å². The molecule has 2 unspecified atom stereocenters. The lowest BCUT2D eigenvalue weighted by molar-refractivity contribution is -0.136. The van der Waals surface area contributed by atoms with Crippen molar-refractivity contribution >= 4 is 17.3 Å². The number of aryl methyl sites for hydroxylation is 1. The van der Waals surface area contributed by atoms with Gasteiger partial charge in [-0.15, -0.1) is 11.3 Å². The van der Waals surface area contributed by atoms with Gasteiger partial charge in [-0.25, -0.2) is 4.98 Å². The van der Waals surface area contributed by atoms with Crippen molar-refractivity contribution in [2.45, 2.75) is 40.2 Å². The van der Waals surface area contributed by atoms with E-state index in [0.29, 0.717) is 0 Å². The molecule has 1 saturated heterocycles. The molecular formula is C14H22N2O2S. The van der Waals surface area contributed by atoms with Crippen LogP contribution >= 0.6 is 11.3 Å². The van der Waals surface area contributed by atoms with Crippen LogP contribution in [0.5, 0.6) is 0 Å². The average molecular weight is 282 g/mol. The van der Waals surface area contributed by atoms with Gasteiger partial charge < -0.3 is 5.11 Å². The molecule has 0 bridgehead atoms. The van der Waals surface area contributed by atoms with Gasteiger partial charge in [-0.1, -0.05) is 13.8 Å². The van der Waals surface area contributed by atoms with Crippen molar-refractivity contribution < 1.29 is 9.90 Å². The quantitative estimate of drug-likeness (QED) is 0.922. The fourth-order valence-electron chi connectivity index (χ4n) is 3.04. The second kappa shape index (κ2) is 6.01. The Bertz CT molecular complexity index is 448. The molecule has 5 heteroatoms. The van der Waals surface area contributed by atoms with E-state index in [-0.39, 0.29) is 6.42 Å². The van der Waals surface area contributed by atoms with Crippen molar-refractivity contribution in [3.63, 3.8) is 0 Å². The molecule has 2 rings (SSSR count). The highest BCUT2D eigenvalue weighted by Crippen LogP contribution is 2.26. The summed E-state index contributed by atoms with van der Waals surface area (Å²) in [6.07, 6.45) is 1.33. The van der Waals surface area contributed by atoms with E-state index < -0.39 is 5.97 Å². The van der Waals surface area contributed by atoms with E-state index in [0.717, 1.165) is 47.0 Å². The third-order valence-corrected chi connectivity index (χ3v) is 4.51. The number of hydrogen-bond acceptors (Lipinski definition) is 4. The highest BCUT2D eigenvalue weighted by atomic mass is 32.1. The van der Waals surface area contributed by atoms with Crippen LogP contribution in [-0.2, 0) is 17.8 Å². The maximum atomic E-state index is 10.9. The highest BCUT2D eigenvalue weighted by molar-refractivity contribution is 7.11. The molecule has 1 aromatic rings. The normalized spacial score (nSPS) is 24.6. The second-order valence-electron chi connectivity index (χ2n) is 5.81. The molecule has 1 aromatic heterocycles. The first-order chi connectivity index (χ1) is 8.94. The van der Waals surface area contributed by atoms with Crippen molar-refractivity contribution in [3.05, 3.63) is 15.6 Å². The smallest absolute Gasteiger partial charge is 0.309 e. The molecule has 1 N–H and O–H groups in total. The van der Waals surface area contributed by atoms with Crippen LogP contribution in [-0.4, -0.2) is 34.0 Å². The molecule has 0 spiro atoms. The lowest BCUT2D eigenvalue weighted by Crippen LogP contribution is -2.38. The number of nitrogens with zero attached hydrogens (tertiary/aromatic N) is 2. The van der Waals surface area contributed by atoms with Crippen LogP contribution in [0.1, 0.15) is 35.8 Å². The summed E-state index contributed by atoms with van der Waals surface area (Å²) in [5, 5.41) is 9.90. The summed E-state index contributed by atoms with van der Waals surface area (Å²) in [6, 6.07) is 0. The lowest BCUT2D eigenvalue weighted by atomic mass is 9.92. The predicted octanol–water partition coefficient (Wildman–Crippen LogP) is 2.56. The largest absolute Gasteiger partial charge is 0.481 e. The maximum Gasteiger partial charge on any atom is 0.309 e. The number of piperidine rings is 1. The summed E-state index contributed by atoms with van der Waals surface area (Å²) < 4.78 is 0. The van der Waals surface area contributed by atoms with Crippen LogP contribution in [0, 0.1) is 18.8 Å². The summed E-state index contributed by atoms with van der Waals surface area (Å²) in [4.78, 5) is 18.8. The Kier molecular flexibility index (Phi) is 4.58. The van der Waals surface area contributed by atoms with Gasteiger partial charge in [0.2, 0.25) is 0 Å². The Labute approximate surface area is 118 Å². The lowest BCUT2D eigenvalue weighted by Gasteiger charge is -2.34. The number of carboxylic acid groups (broad SMARTS) is 1. The molecule has 0 aliphatic carbocycles. The third kappa shape index (κ3) is 4.01. The first-order valence-electron chi connectivity index (χ1n) is 6.83. The number of carbonyl (C=O) groups is 1. The number of likely N-dealkylation sites (tertiary alicyclic amines) is 1. The van der Waals surface area contributed by atoms with E-state index in [4.69, 9.17) is 5.11 Å². The van der Waals surface area contributed by atoms with Crippen molar-refractivity contribution in [2.75, 3.05) is 13.1 Å². The van der Waals surface area contributed by atoms with E-state index >= 15 is 0 Å². The molecule has 19 heavy (non-hydrogen) atoms. The number of aromatic nitrogens is 1. The van der Waals surface area contributed by atoms with E-state index in [9.17, 15) is 4.79 Å². The van der Waals surface area contributed by atoms with Gasteiger partial charge in [-0.3, -0.25) is 9.69 Å². The van der Waals surface area contributed by atoms with Crippen LogP contribution in [0.2, 0.25) is 0 Å². The van der Waals surface area contributed by atoms with Gasteiger partial charge in [-0.05, 0) is 25.2 Å². The van der Waals surface area contributed by atoms with Gasteiger partial charge in [0.1, 0.15) is 0 Å². The van der Waals surface area contributed by atoms with Gasteiger partial charge in [0, 0.05) is 24.5 Å². The Hall–Kier alpha value is -0.940. The first kappa shape index (κ1) is 14.5. The topological polar surface area (TPSA) is 53.4 Å². The van der Waals surface area contributed by atoms with E-state index in [1.807, 2.05) is 6.92 Å². The van der Waals surface area contributed by atoms with Gasteiger partial charge in [0.25, 0.3) is 0 Å². The summed E-state index contributed by atoms with van der Waals surface area (Å²) in [5.41, 5.74) is 0.751. The molecule has 0 saturated carbocycles. The summed E-state index contributed by atoms with van der Waals surface area (Å²) in [7, 11) is 0. The summed E-state index contributed by atoms with van der Waals surface area (Å²) in [6.45, 7) is 9.59. The number of rotatable bonds is 4. The van der Waals surface area contributed by atoms with Crippen molar-refractivity contribution in [1.82, 2.24) is 9.88 Å². The predicted molar refractivity (Wildman–Crippen MR) is 76.4 cm³/mol. The van der Waals surface area contributed by atoms with Crippen molar-refractivity contribution in [3.8, 4) is 0 Å². The van der Waals surface area contributed by atoms with Crippen LogP contribution in [0.15, 0.2) is 0 Å². The standard InChI is InChI=1S/C14H22N2O2S/c1-9-4-10(2)7-16(6-9)8-13-12(5-14(17)18)15-11(3)19-13/h9-10H,4-8H2,1-3H3,(H,17,18). The number of hydrogen-bond donors (Lipinski definition) is 1. The average Bonchev–Trinajstić information content (AvgIpc) is 2.56. The van der Waals surface area contributed by atoms with E-state index in [2.05, 4.69) is 23.7 Å². The minimum atomic E-state index is -0.799. The molecule has 106 valence electrons. The van der Waals surface area contributed by atoms with Crippen molar-refractivity contribution in [2.24, 2.45) is 11.8 Å². The summed E-state index contributed by atoms with van der Waals surface area (Å²) in [5.74, 6) is 0.647. The molecular weight excluding hydrogens is 260 g/mol. The third-order valence-electron chi connectivity index (χ3n) is 3.52. The molecule has 1 aliphatic rings. The van der Waals surface area contributed by atoms with E-state index in [1.54, 1.807) is 11.3 Å². The molecule has 2 atom stereocenters. The minimum Gasteiger partial charge on any atom is -0.481 e. The Morgan fingerprint density at radius 2 is 2.05 bits per heavy atom. The maximum absolute atomic E-state index is 10.9. The number of carboxylic acids is 1. The molecule has 0 radical (unpaired) electrons. The summed E-state index contributed by atoms with van der Waals surface area (Å²) >= 11 is 1.64. The molecule has 1 fully saturated rings. The SMILES string of the molecule is Cc1nc(CC(=O)O)c(CN2CC(C)CC(C)C2)s1. The van der Waals surface area contributed by atoms with Gasteiger partial charge in [-0.2, -0.15) is 0 Å². The zero-order valence-electron chi connectivity index (χ0n) is 11.8. The zero-order chi connectivity index (χ0) is 14.0. The fraction of sp³-hybridized carbons (Fsp3) is 0.714. The Balaban J connectivity index is 2.07. The zero-order valence-corrected chi connectivity index (χ0v) is 12.7. The Morgan fingerprint density at radius 1 is 1.42 bits per heavy atom. The second-order valence-corrected chi connectivity index (χ2v) is 7.10. The van der Waals surface area contributed by atoms with Gasteiger partial charge in [0.05, 0.1) is 17.1 Å². The molecule has 2 heterocycles. The molecule has 1 aliphatic heterocycles. The van der Waals surface area contributed by atoms with Crippen LogP contribution in [0.3, 0.4) is 0 Å².